The summed E-state index contributed by atoms with van der Waals surface area (Å²) in [5.74, 6) is 1.86. The van der Waals surface area contributed by atoms with Crippen molar-refractivity contribution in [2.75, 3.05) is 19.3 Å². The molecule has 5 heteroatoms. The lowest BCUT2D eigenvalue weighted by Gasteiger charge is -2.35. The number of amides is 1. The van der Waals surface area contributed by atoms with E-state index in [4.69, 9.17) is 4.42 Å². The second-order valence-electron chi connectivity index (χ2n) is 5.20. The summed E-state index contributed by atoms with van der Waals surface area (Å²) in [4.78, 5) is 14.1. The molecule has 1 aromatic rings. The van der Waals surface area contributed by atoms with Gasteiger partial charge >= 0.3 is 0 Å². The van der Waals surface area contributed by atoms with Gasteiger partial charge in [0.25, 0.3) is 5.91 Å². The van der Waals surface area contributed by atoms with Crippen molar-refractivity contribution in [2.24, 2.45) is 5.41 Å². The molecule has 4 nitrogen and oxygen atoms in total. The highest BCUT2D eigenvalue weighted by Crippen LogP contribution is 2.29. The van der Waals surface area contributed by atoms with Crippen LogP contribution in [0.4, 0.5) is 0 Å². The minimum Gasteiger partial charge on any atom is -0.455 e. The first-order chi connectivity index (χ1) is 9.08. The fraction of sp³-hybridized carbons (Fsp3) is 0.571. The lowest BCUT2D eigenvalue weighted by Crippen LogP contribution is -2.44. The van der Waals surface area contributed by atoms with Crippen LogP contribution in [-0.2, 0) is 5.75 Å². The van der Waals surface area contributed by atoms with Gasteiger partial charge in [0.1, 0.15) is 5.76 Å². The fourth-order valence-electron chi connectivity index (χ4n) is 2.37. The minimum absolute atomic E-state index is 0.103. The molecule has 1 atom stereocenters. The Morgan fingerprint density at radius 2 is 2.42 bits per heavy atom. The van der Waals surface area contributed by atoms with E-state index >= 15 is 0 Å². The van der Waals surface area contributed by atoms with Crippen LogP contribution in [0.2, 0.25) is 0 Å². The van der Waals surface area contributed by atoms with Gasteiger partial charge in [0.15, 0.2) is 5.76 Å². The molecule has 19 heavy (non-hydrogen) atoms. The van der Waals surface area contributed by atoms with E-state index in [1.54, 1.807) is 22.7 Å². The molecule has 0 N–H and O–H groups in total. The monoisotopic (exact) mass is 278 g/mol. The van der Waals surface area contributed by atoms with Gasteiger partial charge in [-0.1, -0.05) is 0 Å². The highest BCUT2D eigenvalue weighted by molar-refractivity contribution is 7.97. The third-order valence-electron chi connectivity index (χ3n) is 3.41. The summed E-state index contributed by atoms with van der Waals surface area (Å²) in [7, 11) is 0. The SMILES string of the molecule is CSCc1ccc(C(=O)N2CCCC(C)(C#N)C2)o1. The molecule has 1 unspecified atom stereocenters. The maximum Gasteiger partial charge on any atom is 0.289 e. The van der Waals surface area contributed by atoms with Crippen LogP contribution in [0.5, 0.6) is 0 Å². The van der Waals surface area contributed by atoms with Crippen LogP contribution >= 0.6 is 11.8 Å². The standard InChI is InChI=1S/C14H18N2O2S/c1-14(9-15)6-3-7-16(10-14)13(17)12-5-4-11(18-12)8-19-2/h4-5H,3,6-8,10H2,1-2H3. The van der Waals surface area contributed by atoms with Crippen molar-refractivity contribution < 1.29 is 9.21 Å². The summed E-state index contributed by atoms with van der Waals surface area (Å²) in [6, 6.07) is 5.89. The second-order valence-corrected chi connectivity index (χ2v) is 6.07. The molecule has 0 radical (unpaired) electrons. The first-order valence-electron chi connectivity index (χ1n) is 6.36. The highest BCUT2D eigenvalue weighted by atomic mass is 32.2. The first-order valence-corrected chi connectivity index (χ1v) is 7.75. The van der Waals surface area contributed by atoms with Crippen LogP contribution < -0.4 is 0 Å². The molecule has 1 fully saturated rings. The Balaban J connectivity index is 2.08. The Labute approximate surface area is 117 Å². The van der Waals surface area contributed by atoms with E-state index in [2.05, 4.69) is 6.07 Å². The van der Waals surface area contributed by atoms with Gasteiger partial charge in [0.2, 0.25) is 0 Å². The van der Waals surface area contributed by atoms with E-state index < -0.39 is 5.41 Å². The highest BCUT2D eigenvalue weighted by Gasteiger charge is 2.34. The average molecular weight is 278 g/mol. The molecule has 0 bridgehead atoms. The summed E-state index contributed by atoms with van der Waals surface area (Å²) in [5.41, 5.74) is -0.428. The first kappa shape index (κ1) is 14.0. The molecule has 0 aliphatic carbocycles. The molecule has 1 aliphatic rings. The number of thioether (sulfide) groups is 1. The van der Waals surface area contributed by atoms with Gasteiger partial charge in [-0.2, -0.15) is 17.0 Å². The van der Waals surface area contributed by atoms with Gasteiger partial charge < -0.3 is 9.32 Å². The summed E-state index contributed by atoms with van der Waals surface area (Å²) < 4.78 is 5.55. The zero-order chi connectivity index (χ0) is 13.9. The Bertz CT molecular complexity index is 506. The Morgan fingerprint density at radius 3 is 3.11 bits per heavy atom. The zero-order valence-corrected chi connectivity index (χ0v) is 12.1. The minimum atomic E-state index is -0.428. The molecule has 102 valence electrons. The molecular formula is C14H18N2O2S. The summed E-state index contributed by atoms with van der Waals surface area (Å²) in [6.07, 6.45) is 3.71. The maximum atomic E-state index is 12.3. The third-order valence-corrected chi connectivity index (χ3v) is 3.99. The summed E-state index contributed by atoms with van der Waals surface area (Å²) >= 11 is 1.66. The van der Waals surface area contributed by atoms with Gasteiger partial charge in [0, 0.05) is 13.1 Å². The number of hydrogen-bond donors (Lipinski definition) is 0. The second kappa shape index (κ2) is 5.70. The quantitative estimate of drug-likeness (QED) is 0.853. The predicted octanol–water partition coefficient (Wildman–Crippen LogP) is 2.91. The Morgan fingerprint density at radius 1 is 1.63 bits per heavy atom. The maximum absolute atomic E-state index is 12.3. The van der Waals surface area contributed by atoms with Crippen LogP contribution in [-0.4, -0.2) is 30.2 Å². The number of piperidine rings is 1. The number of rotatable bonds is 3. The summed E-state index contributed by atoms with van der Waals surface area (Å²) in [5, 5.41) is 9.18. The molecule has 0 saturated carbocycles. The van der Waals surface area contributed by atoms with E-state index in [-0.39, 0.29) is 5.91 Å². The predicted molar refractivity (Wildman–Crippen MR) is 74.8 cm³/mol. The van der Waals surface area contributed by atoms with E-state index in [0.717, 1.165) is 24.4 Å². The number of furan rings is 1. The van der Waals surface area contributed by atoms with Crippen molar-refractivity contribution in [1.82, 2.24) is 4.90 Å². The third kappa shape index (κ3) is 3.13. The van der Waals surface area contributed by atoms with E-state index in [9.17, 15) is 10.1 Å². The molecule has 0 aromatic carbocycles. The lowest BCUT2D eigenvalue weighted by atomic mass is 9.83. The van der Waals surface area contributed by atoms with E-state index in [0.29, 0.717) is 18.8 Å². The molecule has 1 aliphatic heterocycles. The average Bonchev–Trinajstić information content (AvgIpc) is 2.87. The number of nitriles is 1. The van der Waals surface area contributed by atoms with Gasteiger partial charge in [0.05, 0.1) is 17.2 Å². The van der Waals surface area contributed by atoms with Crippen LogP contribution in [0.3, 0.4) is 0 Å². The van der Waals surface area contributed by atoms with Crippen molar-refractivity contribution in [1.29, 1.82) is 5.26 Å². The van der Waals surface area contributed by atoms with Crippen molar-refractivity contribution >= 4 is 17.7 Å². The van der Waals surface area contributed by atoms with Crippen LogP contribution in [0.25, 0.3) is 0 Å². The summed E-state index contributed by atoms with van der Waals surface area (Å²) in [6.45, 7) is 3.10. The largest absolute Gasteiger partial charge is 0.455 e. The Hall–Kier alpha value is -1.41. The number of likely N-dealkylation sites (tertiary alicyclic amines) is 1. The lowest BCUT2D eigenvalue weighted by molar-refractivity contribution is 0.0597. The number of carbonyl (C=O) groups is 1. The smallest absolute Gasteiger partial charge is 0.289 e. The van der Waals surface area contributed by atoms with Crippen LogP contribution in [0.1, 0.15) is 36.1 Å². The molecule has 1 amide bonds. The molecule has 2 heterocycles. The molecule has 2 rings (SSSR count). The van der Waals surface area contributed by atoms with Gasteiger partial charge in [-0.05, 0) is 38.2 Å². The normalized spacial score (nSPS) is 23.1. The molecule has 0 spiro atoms. The topological polar surface area (TPSA) is 57.2 Å². The molecule has 1 saturated heterocycles. The zero-order valence-electron chi connectivity index (χ0n) is 11.3. The van der Waals surface area contributed by atoms with Crippen molar-refractivity contribution in [3.63, 3.8) is 0 Å². The van der Waals surface area contributed by atoms with Crippen LogP contribution in [0, 0.1) is 16.7 Å². The van der Waals surface area contributed by atoms with E-state index in [1.165, 1.54) is 0 Å². The number of nitrogens with zero attached hydrogens (tertiary/aromatic N) is 2. The van der Waals surface area contributed by atoms with Crippen molar-refractivity contribution in [3.8, 4) is 6.07 Å². The number of carbonyl (C=O) groups excluding carboxylic acids is 1. The fourth-order valence-corrected chi connectivity index (χ4v) is 2.81. The van der Waals surface area contributed by atoms with Crippen molar-refractivity contribution in [3.05, 3.63) is 23.7 Å². The van der Waals surface area contributed by atoms with Gasteiger partial charge in [-0.25, -0.2) is 0 Å². The van der Waals surface area contributed by atoms with Gasteiger partial charge in [-0.3, -0.25) is 4.79 Å². The molecular weight excluding hydrogens is 260 g/mol. The van der Waals surface area contributed by atoms with Crippen LogP contribution in [0.15, 0.2) is 16.5 Å². The molecule has 1 aromatic heterocycles. The van der Waals surface area contributed by atoms with Gasteiger partial charge in [-0.15, -0.1) is 0 Å². The van der Waals surface area contributed by atoms with E-state index in [1.807, 2.05) is 19.2 Å². The van der Waals surface area contributed by atoms with Crippen molar-refractivity contribution in [2.45, 2.75) is 25.5 Å². The Kier molecular flexibility index (Phi) is 4.20. The number of hydrogen-bond acceptors (Lipinski definition) is 4.